The molecule has 3 rings (SSSR count). The van der Waals surface area contributed by atoms with E-state index in [1.165, 1.54) is 0 Å². The Morgan fingerprint density at radius 1 is 1.48 bits per heavy atom. The van der Waals surface area contributed by atoms with Crippen LogP contribution in [0.1, 0.15) is 23.0 Å². The maximum Gasteiger partial charge on any atom is 0.254 e. The summed E-state index contributed by atoms with van der Waals surface area (Å²) < 4.78 is 6.41. The summed E-state index contributed by atoms with van der Waals surface area (Å²) in [6.07, 6.45) is 0.0836. The minimum atomic E-state index is 0.0487. The number of rotatable bonds is 1. The molecule has 2 aromatic rings. The molecule has 1 aromatic carbocycles. The molecule has 1 amide bonds. The molecule has 110 valence electrons. The standard InChI is InChI=1S/C16H17BrN2O2/c1-10-8-12(15-13(17)4-3-5-14(15)18-10)16(20)19-6-7-21-11(2)9-19/h3-5,8,11H,6-7,9H2,1-2H3/t11-/m0/s1. The highest BCUT2D eigenvalue weighted by atomic mass is 79.9. The molecule has 5 heteroatoms. The number of benzene rings is 1. The van der Waals surface area contributed by atoms with E-state index in [0.717, 1.165) is 21.1 Å². The van der Waals surface area contributed by atoms with Crippen molar-refractivity contribution in [2.45, 2.75) is 20.0 Å². The molecule has 0 N–H and O–H groups in total. The van der Waals surface area contributed by atoms with Crippen LogP contribution in [0.2, 0.25) is 0 Å². The molecule has 0 radical (unpaired) electrons. The van der Waals surface area contributed by atoms with Gasteiger partial charge in [0, 0.05) is 28.6 Å². The Hall–Kier alpha value is -1.46. The first-order valence-electron chi connectivity index (χ1n) is 7.03. The number of carbonyl (C=O) groups excluding carboxylic acids is 1. The normalized spacial score (nSPS) is 19.0. The Morgan fingerprint density at radius 2 is 2.29 bits per heavy atom. The van der Waals surface area contributed by atoms with Gasteiger partial charge in [-0.25, -0.2) is 0 Å². The van der Waals surface area contributed by atoms with Gasteiger partial charge in [-0.1, -0.05) is 22.0 Å². The smallest absolute Gasteiger partial charge is 0.254 e. The molecule has 1 aliphatic heterocycles. The predicted octanol–water partition coefficient (Wildman–Crippen LogP) is 3.17. The first-order valence-corrected chi connectivity index (χ1v) is 7.82. The van der Waals surface area contributed by atoms with Crippen LogP contribution in [0.5, 0.6) is 0 Å². The summed E-state index contributed by atoms with van der Waals surface area (Å²) >= 11 is 3.54. The van der Waals surface area contributed by atoms with E-state index in [4.69, 9.17) is 4.74 Å². The van der Waals surface area contributed by atoms with Crippen LogP contribution in [-0.4, -0.2) is 41.6 Å². The van der Waals surface area contributed by atoms with Crippen molar-refractivity contribution in [3.63, 3.8) is 0 Å². The molecule has 1 aliphatic rings. The summed E-state index contributed by atoms with van der Waals surface area (Å²) in [5.41, 5.74) is 2.40. The number of amides is 1. The monoisotopic (exact) mass is 348 g/mol. The lowest BCUT2D eigenvalue weighted by Gasteiger charge is -2.31. The third kappa shape index (κ3) is 2.80. The van der Waals surface area contributed by atoms with Gasteiger partial charge in [-0.15, -0.1) is 0 Å². The first kappa shape index (κ1) is 14.5. The van der Waals surface area contributed by atoms with Gasteiger partial charge in [-0.2, -0.15) is 0 Å². The maximum absolute atomic E-state index is 12.9. The molecule has 0 saturated carbocycles. The first-order chi connectivity index (χ1) is 10.1. The average molecular weight is 349 g/mol. The Labute approximate surface area is 132 Å². The van der Waals surface area contributed by atoms with Crippen LogP contribution < -0.4 is 0 Å². The molecule has 1 fully saturated rings. The van der Waals surface area contributed by atoms with Crippen molar-refractivity contribution >= 4 is 32.7 Å². The molecular weight excluding hydrogens is 332 g/mol. The third-order valence-electron chi connectivity index (χ3n) is 3.67. The molecule has 0 spiro atoms. The number of hydrogen-bond donors (Lipinski definition) is 0. The van der Waals surface area contributed by atoms with E-state index in [-0.39, 0.29) is 12.0 Å². The number of ether oxygens (including phenoxy) is 1. The SMILES string of the molecule is Cc1cc(C(=O)N2CCO[C@@H](C)C2)c2c(Br)cccc2n1. The molecule has 4 nitrogen and oxygen atoms in total. The van der Waals surface area contributed by atoms with E-state index < -0.39 is 0 Å². The fraction of sp³-hybridized carbons (Fsp3) is 0.375. The second-order valence-corrected chi connectivity index (χ2v) is 6.23. The Kier molecular flexibility index (Phi) is 3.95. The number of carbonyl (C=O) groups is 1. The second kappa shape index (κ2) is 5.73. The highest BCUT2D eigenvalue weighted by Gasteiger charge is 2.24. The summed E-state index contributed by atoms with van der Waals surface area (Å²) in [6, 6.07) is 7.68. The van der Waals surface area contributed by atoms with E-state index in [1.807, 2.05) is 43.0 Å². The number of halogens is 1. The summed E-state index contributed by atoms with van der Waals surface area (Å²) in [4.78, 5) is 19.3. The number of morpholine rings is 1. The molecule has 21 heavy (non-hydrogen) atoms. The molecule has 1 aromatic heterocycles. The van der Waals surface area contributed by atoms with Crippen molar-refractivity contribution in [2.75, 3.05) is 19.7 Å². The van der Waals surface area contributed by atoms with Gasteiger partial charge in [-0.05, 0) is 32.0 Å². The average Bonchev–Trinajstić information content (AvgIpc) is 2.45. The molecule has 0 unspecified atom stereocenters. The Morgan fingerprint density at radius 3 is 3.05 bits per heavy atom. The number of aromatic nitrogens is 1. The maximum atomic E-state index is 12.9. The quantitative estimate of drug-likeness (QED) is 0.794. The zero-order valence-corrected chi connectivity index (χ0v) is 13.7. The number of pyridine rings is 1. The van der Waals surface area contributed by atoms with E-state index in [9.17, 15) is 4.79 Å². The van der Waals surface area contributed by atoms with Gasteiger partial charge < -0.3 is 9.64 Å². The van der Waals surface area contributed by atoms with Crippen LogP contribution in [0.4, 0.5) is 0 Å². The van der Waals surface area contributed by atoms with E-state index >= 15 is 0 Å². The van der Waals surface area contributed by atoms with Gasteiger partial charge in [0.1, 0.15) is 0 Å². The minimum absolute atomic E-state index is 0.0487. The van der Waals surface area contributed by atoms with Gasteiger partial charge in [0.25, 0.3) is 5.91 Å². The zero-order valence-electron chi connectivity index (χ0n) is 12.1. The van der Waals surface area contributed by atoms with Gasteiger partial charge in [-0.3, -0.25) is 9.78 Å². The number of hydrogen-bond acceptors (Lipinski definition) is 3. The largest absolute Gasteiger partial charge is 0.375 e. The zero-order chi connectivity index (χ0) is 15.0. The van der Waals surface area contributed by atoms with Gasteiger partial charge in [0.05, 0.1) is 23.8 Å². The van der Waals surface area contributed by atoms with Crippen molar-refractivity contribution in [2.24, 2.45) is 0 Å². The van der Waals surface area contributed by atoms with Gasteiger partial charge >= 0.3 is 0 Å². The molecule has 1 atom stereocenters. The fourth-order valence-electron chi connectivity index (χ4n) is 2.72. The highest BCUT2D eigenvalue weighted by molar-refractivity contribution is 9.10. The lowest BCUT2D eigenvalue weighted by Crippen LogP contribution is -2.44. The van der Waals surface area contributed by atoms with Crippen LogP contribution >= 0.6 is 15.9 Å². The van der Waals surface area contributed by atoms with Gasteiger partial charge in [0.2, 0.25) is 0 Å². The van der Waals surface area contributed by atoms with Crippen molar-refractivity contribution in [1.29, 1.82) is 0 Å². The van der Waals surface area contributed by atoms with Gasteiger partial charge in [0.15, 0.2) is 0 Å². The Bertz CT molecular complexity index is 702. The van der Waals surface area contributed by atoms with Crippen LogP contribution in [0.25, 0.3) is 10.9 Å². The lowest BCUT2D eigenvalue weighted by atomic mass is 10.1. The van der Waals surface area contributed by atoms with Crippen LogP contribution in [0, 0.1) is 6.92 Å². The van der Waals surface area contributed by atoms with Crippen molar-refractivity contribution < 1.29 is 9.53 Å². The van der Waals surface area contributed by atoms with Crippen LogP contribution in [0.3, 0.4) is 0 Å². The molecule has 0 aliphatic carbocycles. The summed E-state index contributed by atoms with van der Waals surface area (Å²) in [7, 11) is 0. The molecule has 0 bridgehead atoms. The third-order valence-corrected chi connectivity index (χ3v) is 4.33. The predicted molar refractivity (Wildman–Crippen MR) is 85.5 cm³/mol. The van der Waals surface area contributed by atoms with Crippen molar-refractivity contribution in [1.82, 2.24) is 9.88 Å². The topological polar surface area (TPSA) is 42.4 Å². The fourth-order valence-corrected chi connectivity index (χ4v) is 3.29. The minimum Gasteiger partial charge on any atom is -0.375 e. The summed E-state index contributed by atoms with van der Waals surface area (Å²) in [6.45, 7) is 5.77. The number of nitrogens with zero attached hydrogens (tertiary/aromatic N) is 2. The molecule has 2 heterocycles. The molecule has 1 saturated heterocycles. The van der Waals surface area contributed by atoms with Crippen molar-refractivity contribution in [3.8, 4) is 0 Å². The Balaban J connectivity index is 2.09. The summed E-state index contributed by atoms with van der Waals surface area (Å²) in [5, 5.41) is 0.882. The van der Waals surface area contributed by atoms with E-state index in [2.05, 4.69) is 20.9 Å². The molecular formula is C16H17BrN2O2. The van der Waals surface area contributed by atoms with E-state index in [0.29, 0.717) is 25.3 Å². The summed E-state index contributed by atoms with van der Waals surface area (Å²) in [5.74, 6) is 0.0487. The second-order valence-electron chi connectivity index (χ2n) is 5.38. The highest BCUT2D eigenvalue weighted by Crippen LogP contribution is 2.28. The number of aryl methyl sites for hydroxylation is 1. The number of fused-ring (bicyclic) bond motifs is 1. The lowest BCUT2D eigenvalue weighted by molar-refractivity contribution is -0.0123. The van der Waals surface area contributed by atoms with Crippen LogP contribution in [-0.2, 0) is 4.74 Å². The van der Waals surface area contributed by atoms with Crippen LogP contribution in [0.15, 0.2) is 28.7 Å². The van der Waals surface area contributed by atoms with E-state index in [1.54, 1.807) is 0 Å². The van der Waals surface area contributed by atoms with Crippen molar-refractivity contribution in [3.05, 3.63) is 40.0 Å².